The standard InChI is InChI=1S/C25H30ClF3N2O3S2/c1-18-8-11-21(12-9-18)36(33,34)31(19-10-13-23(26)22(16-19)25(27,28)29)17-24(32)30-14-5-15-35-20-6-3-2-4-7-20/h8-13,16,20H,2-7,14-15,17H2,1H3,(H,30,32). The summed E-state index contributed by atoms with van der Waals surface area (Å²) in [6, 6.07) is 8.69. The van der Waals surface area contributed by atoms with Crippen molar-refractivity contribution in [1.82, 2.24) is 5.32 Å². The number of alkyl halides is 3. The van der Waals surface area contributed by atoms with Crippen LogP contribution in [0.25, 0.3) is 0 Å². The normalized spacial score (nSPS) is 15.0. The quantitative estimate of drug-likeness (QED) is 0.339. The van der Waals surface area contributed by atoms with E-state index in [1.165, 1.54) is 44.2 Å². The maximum absolute atomic E-state index is 13.5. The first-order valence-corrected chi connectivity index (χ1v) is 14.7. The van der Waals surface area contributed by atoms with Crippen molar-refractivity contribution in [2.75, 3.05) is 23.1 Å². The van der Waals surface area contributed by atoms with Crippen LogP contribution in [-0.4, -0.2) is 38.4 Å². The molecule has 5 nitrogen and oxygen atoms in total. The van der Waals surface area contributed by atoms with E-state index in [0.29, 0.717) is 22.2 Å². The molecule has 11 heteroatoms. The van der Waals surface area contributed by atoms with Gasteiger partial charge in [0.2, 0.25) is 5.91 Å². The lowest BCUT2D eigenvalue weighted by atomic mass is 10.0. The highest BCUT2D eigenvalue weighted by Crippen LogP contribution is 2.38. The zero-order chi connectivity index (χ0) is 26.3. The summed E-state index contributed by atoms with van der Waals surface area (Å²) >= 11 is 7.62. The Kier molecular flexibility index (Phi) is 10.00. The van der Waals surface area contributed by atoms with Gasteiger partial charge in [0.05, 0.1) is 21.2 Å². The van der Waals surface area contributed by atoms with Gasteiger partial charge in [-0.25, -0.2) is 8.42 Å². The topological polar surface area (TPSA) is 66.5 Å². The minimum absolute atomic E-state index is 0.131. The van der Waals surface area contributed by atoms with Crippen LogP contribution in [0.4, 0.5) is 18.9 Å². The molecule has 1 saturated carbocycles. The first kappa shape index (κ1) is 28.7. The monoisotopic (exact) mass is 562 g/mol. The second-order valence-corrected chi connectivity index (χ2v) is 12.5. The predicted octanol–water partition coefficient (Wildman–Crippen LogP) is 6.43. The smallest absolute Gasteiger partial charge is 0.354 e. The molecule has 1 aliphatic carbocycles. The first-order chi connectivity index (χ1) is 17.0. The van der Waals surface area contributed by atoms with Gasteiger partial charge in [-0.05, 0) is 62.3 Å². The number of aryl methyl sites for hydroxylation is 1. The Morgan fingerprint density at radius 1 is 1.11 bits per heavy atom. The highest BCUT2D eigenvalue weighted by molar-refractivity contribution is 7.99. The van der Waals surface area contributed by atoms with Gasteiger partial charge in [-0.15, -0.1) is 0 Å². The minimum atomic E-state index is -4.79. The molecule has 1 N–H and O–H groups in total. The molecule has 0 aromatic heterocycles. The van der Waals surface area contributed by atoms with Crippen molar-refractivity contribution in [1.29, 1.82) is 0 Å². The van der Waals surface area contributed by atoms with E-state index in [1.54, 1.807) is 19.1 Å². The Bertz CT molecular complexity index is 1140. The molecular formula is C25H30ClF3N2O3S2. The van der Waals surface area contributed by atoms with E-state index in [0.717, 1.165) is 29.9 Å². The van der Waals surface area contributed by atoms with Gasteiger partial charge in [-0.3, -0.25) is 9.10 Å². The summed E-state index contributed by atoms with van der Waals surface area (Å²) in [5, 5.41) is 2.80. The van der Waals surface area contributed by atoms with Crippen molar-refractivity contribution in [3.05, 3.63) is 58.6 Å². The third-order valence-electron chi connectivity index (χ3n) is 5.99. The van der Waals surface area contributed by atoms with Crippen LogP contribution in [0.5, 0.6) is 0 Å². The van der Waals surface area contributed by atoms with Gasteiger partial charge in [-0.2, -0.15) is 24.9 Å². The molecule has 0 unspecified atom stereocenters. The number of hydrogen-bond donors (Lipinski definition) is 1. The van der Waals surface area contributed by atoms with Crippen LogP contribution in [-0.2, 0) is 21.0 Å². The van der Waals surface area contributed by atoms with Crippen LogP contribution < -0.4 is 9.62 Å². The average Bonchev–Trinajstić information content (AvgIpc) is 2.83. The number of sulfonamides is 1. The van der Waals surface area contributed by atoms with Crippen LogP contribution in [0, 0.1) is 6.92 Å². The molecule has 0 atom stereocenters. The molecule has 0 spiro atoms. The Morgan fingerprint density at radius 2 is 1.78 bits per heavy atom. The average molecular weight is 563 g/mol. The number of hydrogen-bond acceptors (Lipinski definition) is 4. The van der Waals surface area contributed by atoms with Crippen molar-refractivity contribution < 1.29 is 26.4 Å². The molecule has 198 valence electrons. The molecule has 1 aliphatic rings. The van der Waals surface area contributed by atoms with E-state index in [4.69, 9.17) is 11.6 Å². The predicted molar refractivity (Wildman–Crippen MR) is 139 cm³/mol. The first-order valence-electron chi connectivity index (χ1n) is 11.8. The number of thioether (sulfide) groups is 1. The Labute approximate surface area is 219 Å². The van der Waals surface area contributed by atoms with Gasteiger partial charge in [-0.1, -0.05) is 48.6 Å². The lowest BCUT2D eigenvalue weighted by Gasteiger charge is -2.25. The number of amides is 1. The molecule has 2 aromatic rings. The largest absolute Gasteiger partial charge is 0.417 e. The Hall–Kier alpha value is -1.91. The van der Waals surface area contributed by atoms with Crippen LogP contribution in [0.1, 0.15) is 49.7 Å². The van der Waals surface area contributed by atoms with Crippen molar-refractivity contribution >= 4 is 45.0 Å². The van der Waals surface area contributed by atoms with E-state index in [1.807, 2.05) is 11.8 Å². The summed E-state index contributed by atoms with van der Waals surface area (Å²) in [6.07, 6.45) is 2.14. The molecular weight excluding hydrogens is 533 g/mol. The zero-order valence-electron chi connectivity index (χ0n) is 20.0. The maximum atomic E-state index is 13.5. The molecule has 2 aromatic carbocycles. The lowest BCUT2D eigenvalue weighted by Crippen LogP contribution is -2.41. The molecule has 0 heterocycles. The van der Waals surface area contributed by atoms with Crippen molar-refractivity contribution in [2.45, 2.75) is 61.8 Å². The number of anilines is 1. The number of nitrogens with zero attached hydrogens (tertiary/aromatic N) is 1. The van der Waals surface area contributed by atoms with E-state index < -0.39 is 39.2 Å². The summed E-state index contributed by atoms with van der Waals surface area (Å²) in [6.45, 7) is 1.47. The van der Waals surface area contributed by atoms with E-state index in [2.05, 4.69) is 5.32 Å². The van der Waals surface area contributed by atoms with Gasteiger partial charge in [0.25, 0.3) is 10.0 Å². The number of rotatable bonds is 10. The highest BCUT2D eigenvalue weighted by Gasteiger charge is 2.35. The highest BCUT2D eigenvalue weighted by atomic mass is 35.5. The molecule has 1 amide bonds. The summed E-state index contributed by atoms with van der Waals surface area (Å²) < 4.78 is 67.9. The summed E-state index contributed by atoms with van der Waals surface area (Å²) in [5.41, 5.74) is -0.656. The van der Waals surface area contributed by atoms with Crippen LogP contribution in [0.2, 0.25) is 5.02 Å². The second kappa shape index (κ2) is 12.6. The SMILES string of the molecule is Cc1ccc(S(=O)(=O)N(CC(=O)NCCCSC2CCCCC2)c2ccc(Cl)c(C(F)(F)F)c2)cc1. The van der Waals surface area contributed by atoms with Crippen LogP contribution in [0.3, 0.4) is 0 Å². The number of carbonyl (C=O) groups excluding carboxylic acids is 1. The molecule has 0 radical (unpaired) electrons. The number of carbonyl (C=O) groups is 1. The van der Waals surface area contributed by atoms with Gasteiger partial charge in [0, 0.05) is 11.8 Å². The lowest BCUT2D eigenvalue weighted by molar-refractivity contribution is -0.137. The summed E-state index contributed by atoms with van der Waals surface area (Å²) in [5.74, 6) is 0.277. The summed E-state index contributed by atoms with van der Waals surface area (Å²) in [4.78, 5) is 12.6. The van der Waals surface area contributed by atoms with Crippen molar-refractivity contribution in [3.63, 3.8) is 0 Å². The molecule has 0 saturated heterocycles. The Balaban J connectivity index is 1.75. The molecule has 0 bridgehead atoms. The van der Waals surface area contributed by atoms with Crippen LogP contribution >= 0.6 is 23.4 Å². The maximum Gasteiger partial charge on any atom is 0.417 e. The van der Waals surface area contributed by atoms with Crippen molar-refractivity contribution in [3.8, 4) is 0 Å². The van der Waals surface area contributed by atoms with Gasteiger partial charge in [0.1, 0.15) is 6.54 Å². The molecule has 1 fully saturated rings. The fraction of sp³-hybridized carbons (Fsp3) is 0.480. The molecule has 0 aliphatic heterocycles. The van der Waals surface area contributed by atoms with Crippen molar-refractivity contribution in [2.24, 2.45) is 0 Å². The number of halogens is 4. The third-order valence-corrected chi connectivity index (χ3v) is 9.57. The fourth-order valence-corrected chi connectivity index (χ4v) is 6.95. The van der Waals surface area contributed by atoms with E-state index >= 15 is 0 Å². The second-order valence-electron chi connectivity index (χ2n) is 8.82. The number of nitrogens with one attached hydrogen (secondary N) is 1. The zero-order valence-corrected chi connectivity index (χ0v) is 22.4. The van der Waals surface area contributed by atoms with Gasteiger partial charge in [0.15, 0.2) is 0 Å². The van der Waals surface area contributed by atoms with Crippen LogP contribution in [0.15, 0.2) is 47.4 Å². The van der Waals surface area contributed by atoms with Gasteiger partial charge >= 0.3 is 6.18 Å². The van der Waals surface area contributed by atoms with Gasteiger partial charge < -0.3 is 5.32 Å². The number of benzene rings is 2. The minimum Gasteiger partial charge on any atom is -0.354 e. The van der Waals surface area contributed by atoms with E-state index in [9.17, 15) is 26.4 Å². The molecule has 36 heavy (non-hydrogen) atoms. The van der Waals surface area contributed by atoms with E-state index in [-0.39, 0.29) is 10.6 Å². The third kappa shape index (κ3) is 7.79. The Morgan fingerprint density at radius 3 is 2.42 bits per heavy atom. The summed E-state index contributed by atoms with van der Waals surface area (Å²) in [7, 11) is -4.33. The molecule has 3 rings (SSSR count). The fourth-order valence-electron chi connectivity index (χ4n) is 4.01.